The van der Waals surface area contributed by atoms with Crippen LogP contribution in [0.3, 0.4) is 0 Å². The first-order chi connectivity index (χ1) is 8.38. The quantitative estimate of drug-likeness (QED) is 0.643. The predicted octanol–water partition coefficient (Wildman–Crippen LogP) is -0.586. The molecule has 1 aliphatic rings. The van der Waals surface area contributed by atoms with Gasteiger partial charge in [0, 0.05) is 17.5 Å². The number of thiophene rings is 1. The third kappa shape index (κ3) is 2.68. The first kappa shape index (κ1) is 13.0. The molecule has 1 fully saturated rings. The fourth-order valence-electron chi connectivity index (χ4n) is 1.52. The van der Waals surface area contributed by atoms with Gasteiger partial charge in [-0.15, -0.1) is 11.3 Å². The molecule has 1 aromatic rings. The number of sulfonamides is 1. The van der Waals surface area contributed by atoms with E-state index in [1.165, 1.54) is 11.4 Å². The first-order valence-electron chi connectivity index (χ1n) is 5.08. The minimum absolute atomic E-state index is 0.0460. The molecular formula is C9H11N3O4S2. The van der Waals surface area contributed by atoms with Gasteiger partial charge in [-0.05, 0) is 12.5 Å². The molecule has 1 aliphatic heterocycles. The van der Waals surface area contributed by atoms with E-state index in [-0.39, 0.29) is 17.1 Å². The lowest BCUT2D eigenvalue weighted by Crippen LogP contribution is -2.52. The van der Waals surface area contributed by atoms with Gasteiger partial charge in [0.1, 0.15) is 10.3 Å². The van der Waals surface area contributed by atoms with Crippen molar-refractivity contribution < 1.29 is 18.0 Å². The van der Waals surface area contributed by atoms with Crippen LogP contribution in [0.1, 0.15) is 12.8 Å². The van der Waals surface area contributed by atoms with Gasteiger partial charge >= 0.3 is 0 Å². The van der Waals surface area contributed by atoms with Crippen LogP contribution >= 0.6 is 11.3 Å². The second kappa shape index (κ2) is 4.67. The van der Waals surface area contributed by atoms with E-state index < -0.39 is 27.9 Å². The monoisotopic (exact) mass is 289 g/mol. The largest absolute Gasteiger partial charge is 0.398 e. The number of piperidine rings is 1. The number of nitrogen functional groups attached to an aromatic ring is 1. The Morgan fingerprint density at radius 2 is 2.17 bits per heavy atom. The Bertz CT molecular complexity index is 593. The summed E-state index contributed by atoms with van der Waals surface area (Å²) in [4.78, 5) is 22.4. The summed E-state index contributed by atoms with van der Waals surface area (Å²) < 4.78 is 26.1. The van der Waals surface area contributed by atoms with Crippen molar-refractivity contribution in [2.75, 3.05) is 5.73 Å². The van der Waals surface area contributed by atoms with Crippen LogP contribution in [-0.2, 0) is 19.6 Å². The number of rotatable bonds is 3. The van der Waals surface area contributed by atoms with Crippen LogP contribution in [0.5, 0.6) is 0 Å². The van der Waals surface area contributed by atoms with Crippen molar-refractivity contribution in [3.8, 4) is 0 Å². The summed E-state index contributed by atoms with van der Waals surface area (Å²) >= 11 is 0.973. The van der Waals surface area contributed by atoms with Gasteiger partial charge < -0.3 is 5.73 Å². The molecule has 1 unspecified atom stereocenters. The topological polar surface area (TPSA) is 118 Å². The highest BCUT2D eigenvalue weighted by Gasteiger charge is 2.31. The summed E-state index contributed by atoms with van der Waals surface area (Å²) in [5.74, 6) is -1.02. The number of carbonyl (C=O) groups is 2. The number of hydrogen-bond acceptors (Lipinski definition) is 6. The van der Waals surface area contributed by atoms with Gasteiger partial charge in [-0.2, -0.15) is 4.72 Å². The van der Waals surface area contributed by atoms with Gasteiger partial charge in [-0.25, -0.2) is 8.42 Å². The Labute approximate surface area is 107 Å². The molecule has 1 atom stereocenters. The van der Waals surface area contributed by atoms with Crippen molar-refractivity contribution in [2.24, 2.45) is 0 Å². The number of nitrogens with two attached hydrogens (primary N) is 1. The Morgan fingerprint density at radius 3 is 2.72 bits per heavy atom. The van der Waals surface area contributed by atoms with E-state index in [4.69, 9.17) is 5.73 Å². The second-order valence-corrected chi connectivity index (χ2v) is 6.68. The molecular weight excluding hydrogens is 278 g/mol. The number of imide groups is 1. The zero-order valence-electron chi connectivity index (χ0n) is 9.17. The molecule has 0 radical (unpaired) electrons. The van der Waals surface area contributed by atoms with E-state index in [1.54, 1.807) is 0 Å². The normalized spacial score (nSPS) is 20.8. The molecule has 18 heavy (non-hydrogen) atoms. The average molecular weight is 289 g/mol. The van der Waals surface area contributed by atoms with Crippen molar-refractivity contribution in [3.63, 3.8) is 0 Å². The van der Waals surface area contributed by atoms with Crippen LogP contribution in [0, 0.1) is 0 Å². The van der Waals surface area contributed by atoms with E-state index in [0.717, 1.165) is 11.3 Å². The Morgan fingerprint density at radius 1 is 1.44 bits per heavy atom. The maximum atomic E-state index is 11.9. The number of nitrogens with one attached hydrogen (secondary N) is 2. The second-order valence-electron chi connectivity index (χ2n) is 3.82. The number of anilines is 1. The molecule has 98 valence electrons. The molecule has 2 amide bonds. The lowest BCUT2D eigenvalue weighted by Gasteiger charge is -2.21. The van der Waals surface area contributed by atoms with Gasteiger partial charge in [0.2, 0.25) is 11.8 Å². The van der Waals surface area contributed by atoms with E-state index in [1.807, 2.05) is 0 Å². The SMILES string of the molecule is Nc1csc(S(=O)(=O)NC2CCC(=O)NC2=O)c1. The van der Waals surface area contributed by atoms with Gasteiger partial charge in [-0.3, -0.25) is 14.9 Å². The van der Waals surface area contributed by atoms with E-state index >= 15 is 0 Å². The summed E-state index contributed by atoms with van der Waals surface area (Å²) in [5.41, 5.74) is 5.80. The Kier molecular flexibility index (Phi) is 3.37. The molecule has 1 aromatic heterocycles. The standard InChI is InChI=1S/C9H11N3O4S2/c10-5-3-8(17-4-5)18(15,16)12-6-1-2-7(13)11-9(6)14/h3-4,6,12H,1-2,10H2,(H,11,13,14). The lowest BCUT2D eigenvalue weighted by atomic mass is 10.1. The Hall–Kier alpha value is -1.45. The summed E-state index contributed by atoms with van der Waals surface area (Å²) in [7, 11) is -3.77. The molecule has 2 rings (SSSR count). The van der Waals surface area contributed by atoms with Crippen LogP contribution in [0.25, 0.3) is 0 Å². The number of hydrogen-bond donors (Lipinski definition) is 3. The highest BCUT2D eigenvalue weighted by atomic mass is 32.2. The fraction of sp³-hybridized carbons (Fsp3) is 0.333. The van der Waals surface area contributed by atoms with E-state index in [9.17, 15) is 18.0 Å². The molecule has 1 saturated heterocycles. The van der Waals surface area contributed by atoms with Crippen molar-refractivity contribution in [1.29, 1.82) is 0 Å². The van der Waals surface area contributed by atoms with Crippen molar-refractivity contribution in [3.05, 3.63) is 11.4 Å². The van der Waals surface area contributed by atoms with Gasteiger partial charge in [-0.1, -0.05) is 0 Å². The molecule has 0 bridgehead atoms. The van der Waals surface area contributed by atoms with E-state index in [2.05, 4.69) is 10.0 Å². The molecule has 9 heteroatoms. The maximum absolute atomic E-state index is 11.9. The zero-order valence-corrected chi connectivity index (χ0v) is 10.8. The molecule has 0 aromatic carbocycles. The smallest absolute Gasteiger partial charge is 0.250 e. The zero-order chi connectivity index (χ0) is 13.3. The third-order valence-electron chi connectivity index (χ3n) is 2.40. The van der Waals surface area contributed by atoms with Gasteiger partial charge in [0.05, 0.1) is 0 Å². The maximum Gasteiger partial charge on any atom is 0.250 e. The van der Waals surface area contributed by atoms with Crippen LogP contribution in [0.4, 0.5) is 5.69 Å². The minimum Gasteiger partial charge on any atom is -0.398 e. The first-order valence-corrected chi connectivity index (χ1v) is 7.45. The molecule has 0 spiro atoms. The van der Waals surface area contributed by atoms with Gasteiger partial charge in [0.15, 0.2) is 0 Å². The van der Waals surface area contributed by atoms with Crippen molar-refractivity contribution >= 4 is 38.9 Å². The molecule has 2 heterocycles. The minimum atomic E-state index is -3.77. The Balaban J connectivity index is 2.14. The molecule has 4 N–H and O–H groups in total. The number of carbonyl (C=O) groups excluding carboxylic acids is 2. The van der Waals surface area contributed by atoms with Crippen LogP contribution in [0.2, 0.25) is 0 Å². The molecule has 0 aliphatic carbocycles. The summed E-state index contributed by atoms with van der Waals surface area (Å²) in [5, 5.41) is 3.58. The predicted molar refractivity (Wildman–Crippen MR) is 65.2 cm³/mol. The number of amides is 2. The van der Waals surface area contributed by atoms with Crippen LogP contribution in [0.15, 0.2) is 15.7 Å². The summed E-state index contributed by atoms with van der Waals surface area (Å²) in [6.45, 7) is 0. The lowest BCUT2D eigenvalue weighted by molar-refractivity contribution is -0.134. The van der Waals surface area contributed by atoms with Crippen molar-refractivity contribution in [2.45, 2.75) is 23.1 Å². The summed E-state index contributed by atoms with van der Waals surface area (Å²) in [6, 6.07) is 0.398. The van der Waals surface area contributed by atoms with Crippen LogP contribution < -0.4 is 15.8 Å². The fourth-order valence-corrected chi connectivity index (χ4v) is 3.85. The highest BCUT2D eigenvalue weighted by Crippen LogP contribution is 2.22. The molecule has 7 nitrogen and oxygen atoms in total. The van der Waals surface area contributed by atoms with Crippen molar-refractivity contribution in [1.82, 2.24) is 10.0 Å². The highest BCUT2D eigenvalue weighted by molar-refractivity contribution is 7.91. The van der Waals surface area contributed by atoms with E-state index in [0.29, 0.717) is 5.69 Å². The van der Waals surface area contributed by atoms with Crippen LogP contribution in [-0.4, -0.2) is 26.3 Å². The summed E-state index contributed by atoms with van der Waals surface area (Å²) in [6.07, 6.45) is 0.274. The van der Waals surface area contributed by atoms with Gasteiger partial charge in [0.25, 0.3) is 10.0 Å². The third-order valence-corrected chi connectivity index (χ3v) is 5.33. The molecule has 0 saturated carbocycles. The average Bonchev–Trinajstić information content (AvgIpc) is 2.70.